The van der Waals surface area contributed by atoms with Gasteiger partial charge in [0.1, 0.15) is 0 Å². The highest BCUT2D eigenvalue weighted by atomic mass is 35.5. The lowest BCUT2D eigenvalue weighted by atomic mass is 10.1. The zero-order chi connectivity index (χ0) is 19.7. The largest absolute Gasteiger partial charge is 0.347 e. The maximum atomic E-state index is 12.5. The molecular formula is C20H21Cl2N3O2S. The lowest BCUT2D eigenvalue weighted by Gasteiger charge is -2.37. The van der Waals surface area contributed by atoms with Gasteiger partial charge in [-0.1, -0.05) is 29.3 Å². The molecule has 1 aromatic carbocycles. The van der Waals surface area contributed by atoms with Crippen molar-refractivity contribution in [1.29, 1.82) is 0 Å². The van der Waals surface area contributed by atoms with Crippen LogP contribution >= 0.6 is 34.5 Å². The molecule has 1 N–H and O–H groups in total. The van der Waals surface area contributed by atoms with Gasteiger partial charge in [-0.15, -0.1) is 11.3 Å². The van der Waals surface area contributed by atoms with Crippen molar-refractivity contribution in [3.8, 4) is 0 Å². The minimum Gasteiger partial charge on any atom is -0.347 e. The molecule has 0 aliphatic carbocycles. The summed E-state index contributed by atoms with van der Waals surface area (Å²) in [6, 6.07) is 9.49. The summed E-state index contributed by atoms with van der Waals surface area (Å²) < 4.78 is 0. The Bertz CT molecular complexity index is 901. The van der Waals surface area contributed by atoms with Gasteiger partial charge in [0.2, 0.25) is 5.91 Å². The van der Waals surface area contributed by atoms with E-state index in [1.807, 2.05) is 23.1 Å². The summed E-state index contributed by atoms with van der Waals surface area (Å²) in [6.07, 6.45) is 1.64. The van der Waals surface area contributed by atoms with Gasteiger partial charge in [0.25, 0.3) is 5.91 Å². The molecule has 1 atom stereocenters. The topological polar surface area (TPSA) is 52.7 Å². The fourth-order valence-electron chi connectivity index (χ4n) is 3.81. The van der Waals surface area contributed by atoms with Crippen molar-refractivity contribution in [2.75, 3.05) is 19.6 Å². The molecule has 148 valence electrons. The summed E-state index contributed by atoms with van der Waals surface area (Å²) in [6.45, 7) is 3.79. The number of fused-ring (bicyclic) bond motifs is 1. The molecule has 3 heterocycles. The van der Waals surface area contributed by atoms with Gasteiger partial charge in [0.15, 0.2) is 0 Å². The van der Waals surface area contributed by atoms with E-state index in [4.69, 9.17) is 23.2 Å². The number of thiophene rings is 1. The second-order valence-electron chi connectivity index (χ2n) is 7.20. The number of carbonyl (C=O) groups is 2. The zero-order valence-corrected chi connectivity index (χ0v) is 17.6. The van der Waals surface area contributed by atoms with E-state index in [2.05, 4.69) is 10.2 Å². The second kappa shape index (κ2) is 8.41. The number of amides is 2. The Balaban J connectivity index is 1.31. The third-order valence-electron chi connectivity index (χ3n) is 5.30. The normalized spacial score (nSPS) is 19.7. The Morgan fingerprint density at radius 1 is 1.21 bits per heavy atom. The van der Waals surface area contributed by atoms with Gasteiger partial charge in [-0.05, 0) is 36.2 Å². The van der Waals surface area contributed by atoms with Crippen molar-refractivity contribution in [3.63, 3.8) is 0 Å². The molecule has 8 heteroatoms. The van der Waals surface area contributed by atoms with Crippen molar-refractivity contribution in [3.05, 3.63) is 55.7 Å². The highest BCUT2D eigenvalue weighted by Crippen LogP contribution is 2.26. The van der Waals surface area contributed by atoms with Crippen molar-refractivity contribution in [1.82, 2.24) is 15.1 Å². The number of piperazine rings is 1. The molecule has 0 radical (unpaired) electrons. The number of hydrogen-bond acceptors (Lipinski definition) is 4. The van der Waals surface area contributed by atoms with E-state index in [-0.39, 0.29) is 5.91 Å². The molecule has 2 amide bonds. The highest BCUT2D eigenvalue weighted by molar-refractivity contribution is 7.14. The second-order valence-corrected chi connectivity index (χ2v) is 9.21. The van der Waals surface area contributed by atoms with E-state index < -0.39 is 0 Å². The van der Waals surface area contributed by atoms with Crippen LogP contribution < -0.4 is 5.32 Å². The van der Waals surface area contributed by atoms with E-state index in [9.17, 15) is 9.59 Å². The summed E-state index contributed by atoms with van der Waals surface area (Å²) >= 11 is 13.6. The summed E-state index contributed by atoms with van der Waals surface area (Å²) in [5.74, 6) is 0.189. The summed E-state index contributed by atoms with van der Waals surface area (Å²) in [5.41, 5.74) is 0.833. The smallest absolute Gasteiger partial charge is 0.261 e. The fourth-order valence-corrected chi connectivity index (χ4v) is 5.25. The van der Waals surface area contributed by atoms with Crippen molar-refractivity contribution in [2.24, 2.45) is 0 Å². The van der Waals surface area contributed by atoms with Crippen LogP contribution in [0.4, 0.5) is 0 Å². The van der Waals surface area contributed by atoms with Crippen LogP contribution in [-0.2, 0) is 17.9 Å². The fraction of sp³-hybridized carbons (Fsp3) is 0.400. The van der Waals surface area contributed by atoms with Crippen LogP contribution in [0, 0.1) is 0 Å². The van der Waals surface area contributed by atoms with Crippen LogP contribution in [0.5, 0.6) is 0 Å². The zero-order valence-electron chi connectivity index (χ0n) is 15.3. The number of nitrogens with one attached hydrogen (secondary N) is 1. The van der Waals surface area contributed by atoms with E-state index >= 15 is 0 Å². The number of carbonyl (C=O) groups excluding carboxylic acids is 2. The van der Waals surface area contributed by atoms with Gasteiger partial charge in [-0.25, -0.2) is 0 Å². The van der Waals surface area contributed by atoms with Crippen LogP contribution in [0.3, 0.4) is 0 Å². The molecule has 2 aromatic rings. The van der Waals surface area contributed by atoms with Crippen molar-refractivity contribution in [2.45, 2.75) is 32.0 Å². The maximum Gasteiger partial charge on any atom is 0.261 e. The van der Waals surface area contributed by atoms with Gasteiger partial charge >= 0.3 is 0 Å². The number of benzene rings is 1. The molecule has 0 saturated carbocycles. The Kier molecular flexibility index (Phi) is 5.92. The standard InChI is InChI=1S/C20H21Cl2N3O2S/c21-14-2-1-13(17(22)9-14)10-23-20(27)18-5-4-16(28-18)12-24-7-8-25-15(11-24)3-6-19(25)26/h1-2,4-5,9,15H,3,6-8,10-12H2,(H,23,27). The molecule has 5 nitrogen and oxygen atoms in total. The van der Waals surface area contributed by atoms with Gasteiger partial charge in [-0.2, -0.15) is 0 Å². The number of hydrogen-bond donors (Lipinski definition) is 1. The van der Waals surface area contributed by atoms with E-state index in [0.717, 1.165) is 43.0 Å². The van der Waals surface area contributed by atoms with Crippen LogP contribution in [0.1, 0.15) is 33.0 Å². The van der Waals surface area contributed by atoms with E-state index in [1.165, 1.54) is 11.3 Å². The first kappa shape index (κ1) is 19.7. The summed E-state index contributed by atoms with van der Waals surface area (Å²) in [4.78, 5) is 30.5. The van der Waals surface area contributed by atoms with Crippen LogP contribution in [0.15, 0.2) is 30.3 Å². The number of rotatable bonds is 5. The van der Waals surface area contributed by atoms with Crippen molar-refractivity contribution < 1.29 is 9.59 Å². The maximum absolute atomic E-state index is 12.5. The van der Waals surface area contributed by atoms with Crippen LogP contribution in [0.25, 0.3) is 0 Å². The quantitative estimate of drug-likeness (QED) is 0.773. The first-order valence-corrected chi connectivity index (χ1v) is 10.9. The molecule has 2 aliphatic rings. The lowest BCUT2D eigenvalue weighted by Crippen LogP contribution is -2.50. The number of halogens is 2. The minimum atomic E-state index is -0.103. The van der Waals surface area contributed by atoms with Crippen molar-refractivity contribution >= 4 is 46.4 Å². The molecule has 2 aliphatic heterocycles. The van der Waals surface area contributed by atoms with E-state index in [1.54, 1.807) is 12.1 Å². The third kappa shape index (κ3) is 4.35. The highest BCUT2D eigenvalue weighted by Gasteiger charge is 2.35. The molecule has 1 aromatic heterocycles. The molecule has 0 bridgehead atoms. The first-order valence-electron chi connectivity index (χ1n) is 9.32. The molecule has 2 saturated heterocycles. The molecule has 2 fully saturated rings. The predicted molar refractivity (Wildman–Crippen MR) is 112 cm³/mol. The molecule has 4 rings (SSSR count). The third-order valence-corrected chi connectivity index (χ3v) is 6.95. The Morgan fingerprint density at radius 3 is 2.89 bits per heavy atom. The molecule has 0 spiro atoms. The van der Waals surface area contributed by atoms with Gasteiger partial charge in [0, 0.05) is 60.1 Å². The van der Waals surface area contributed by atoms with E-state index in [0.29, 0.717) is 39.8 Å². The molecule has 28 heavy (non-hydrogen) atoms. The Morgan fingerprint density at radius 2 is 2.07 bits per heavy atom. The van der Waals surface area contributed by atoms with Gasteiger partial charge in [0.05, 0.1) is 4.88 Å². The lowest BCUT2D eigenvalue weighted by molar-refractivity contribution is -0.130. The van der Waals surface area contributed by atoms with Gasteiger partial charge in [-0.3, -0.25) is 14.5 Å². The molecule has 1 unspecified atom stereocenters. The minimum absolute atomic E-state index is 0.103. The van der Waals surface area contributed by atoms with Crippen LogP contribution in [0.2, 0.25) is 10.0 Å². The summed E-state index contributed by atoms with van der Waals surface area (Å²) in [5, 5.41) is 4.03. The first-order chi connectivity index (χ1) is 13.5. The Labute approximate surface area is 178 Å². The SMILES string of the molecule is O=C(NCc1ccc(Cl)cc1Cl)c1ccc(CN2CCN3C(=O)CCC3C2)s1. The summed E-state index contributed by atoms with van der Waals surface area (Å²) in [7, 11) is 0. The van der Waals surface area contributed by atoms with Crippen LogP contribution in [-0.4, -0.2) is 47.3 Å². The average molecular weight is 438 g/mol. The number of nitrogens with zero attached hydrogens (tertiary/aromatic N) is 2. The van der Waals surface area contributed by atoms with Gasteiger partial charge < -0.3 is 10.2 Å². The molecular weight excluding hydrogens is 417 g/mol. The Hall–Kier alpha value is -1.60. The monoisotopic (exact) mass is 437 g/mol. The predicted octanol–water partition coefficient (Wildman–Crippen LogP) is 3.79. The average Bonchev–Trinajstić information content (AvgIpc) is 3.28.